The van der Waals surface area contributed by atoms with Gasteiger partial charge in [-0.25, -0.2) is 0 Å². The molecule has 1 rings (SSSR count). The first-order valence-corrected chi connectivity index (χ1v) is 7.24. The standard InChI is InChI=1S/C14H27NO3/c1-2-3-8-17-9-10-18-14(16)13-7-5-4-6-12(13)11-15/h12-13H,2-11,15H2,1H3. The lowest BCUT2D eigenvalue weighted by atomic mass is 9.79. The molecule has 1 aliphatic rings. The summed E-state index contributed by atoms with van der Waals surface area (Å²) in [4.78, 5) is 11.9. The average Bonchev–Trinajstić information content (AvgIpc) is 2.42. The zero-order valence-corrected chi connectivity index (χ0v) is 11.5. The maximum absolute atomic E-state index is 11.9. The number of nitrogens with two attached hydrogens (primary N) is 1. The van der Waals surface area contributed by atoms with Crippen LogP contribution in [-0.2, 0) is 14.3 Å². The maximum Gasteiger partial charge on any atom is 0.309 e. The van der Waals surface area contributed by atoms with E-state index >= 15 is 0 Å². The minimum atomic E-state index is -0.0794. The fourth-order valence-corrected chi connectivity index (χ4v) is 2.46. The summed E-state index contributed by atoms with van der Waals surface area (Å²) >= 11 is 0. The van der Waals surface area contributed by atoms with Crippen molar-refractivity contribution in [1.29, 1.82) is 0 Å². The second-order valence-electron chi connectivity index (χ2n) is 5.02. The van der Waals surface area contributed by atoms with Gasteiger partial charge in [0.05, 0.1) is 12.5 Å². The van der Waals surface area contributed by atoms with Crippen LogP contribution in [0.2, 0.25) is 0 Å². The molecule has 0 saturated heterocycles. The van der Waals surface area contributed by atoms with Gasteiger partial charge in [-0.15, -0.1) is 0 Å². The van der Waals surface area contributed by atoms with Crippen LogP contribution in [0.25, 0.3) is 0 Å². The van der Waals surface area contributed by atoms with Gasteiger partial charge >= 0.3 is 5.97 Å². The van der Waals surface area contributed by atoms with E-state index in [4.69, 9.17) is 15.2 Å². The molecular formula is C14H27NO3. The molecular weight excluding hydrogens is 230 g/mol. The molecule has 0 aliphatic heterocycles. The molecule has 0 spiro atoms. The minimum absolute atomic E-state index is 0.0133. The molecule has 1 saturated carbocycles. The van der Waals surface area contributed by atoms with E-state index in [1.165, 1.54) is 6.42 Å². The van der Waals surface area contributed by atoms with Gasteiger partial charge in [-0.3, -0.25) is 4.79 Å². The van der Waals surface area contributed by atoms with Gasteiger partial charge in [-0.05, 0) is 31.7 Å². The van der Waals surface area contributed by atoms with Crippen molar-refractivity contribution >= 4 is 5.97 Å². The first kappa shape index (κ1) is 15.4. The number of hydrogen-bond donors (Lipinski definition) is 1. The summed E-state index contributed by atoms with van der Waals surface area (Å²) in [6.07, 6.45) is 6.47. The number of carbonyl (C=O) groups excluding carboxylic acids is 1. The Kier molecular flexibility index (Phi) is 8.01. The third-order valence-electron chi connectivity index (χ3n) is 3.63. The van der Waals surface area contributed by atoms with Crippen molar-refractivity contribution in [2.24, 2.45) is 17.6 Å². The lowest BCUT2D eigenvalue weighted by Crippen LogP contribution is -2.33. The van der Waals surface area contributed by atoms with Crippen molar-refractivity contribution in [2.45, 2.75) is 45.4 Å². The highest BCUT2D eigenvalue weighted by molar-refractivity contribution is 5.72. The first-order valence-electron chi connectivity index (χ1n) is 7.24. The Morgan fingerprint density at radius 2 is 2.00 bits per heavy atom. The van der Waals surface area contributed by atoms with Crippen molar-refractivity contribution in [3.63, 3.8) is 0 Å². The molecule has 0 bridgehead atoms. The predicted molar refractivity (Wildman–Crippen MR) is 71.2 cm³/mol. The summed E-state index contributed by atoms with van der Waals surface area (Å²) in [6, 6.07) is 0. The van der Waals surface area contributed by atoms with Crippen molar-refractivity contribution in [3.05, 3.63) is 0 Å². The minimum Gasteiger partial charge on any atom is -0.463 e. The quantitative estimate of drug-likeness (QED) is 0.534. The summed E-state index contributed by atoms with van der Waals surface area (Å²) in [5, 5.41) is 0. The second-order valence-corrected chi connectivity index (χ2v) is 5.02. The highest BCUT2D eigenvalue weighted by atomic mass is 16.6. The third kappa shape index (κ3) is 5.36. The Hall–Kier alpha value is -0.610. The molecule has 0 aromatic heterocycles. The van der Waals surface area contributed by atoms with Gasteiger partial charge < -0.3 is 15.2 Å². The number of ether oxygens (including phenoxy) is 2. The van der Waals surface area contributed by atoms with Crippen LogP contribution in [0.1, 0.15) is 45.4 Å². The summed E-state index contributed by atoms with van der Waals surface area (Å²) in [6.45, 7) is 4.34. The molecule has 106 valence electrons. The van der Waals surface area contributed by atoms with Crippen LogP contribution in [0.5, 0.6) is 0 Å². The number of esters is 1. The summed E-state index contributed by atoms with van der Waals surface area (Å²) < 4.78 is 10.6. The van der Waals surface area contributed by atoms with Crippen LogP contribution in [-0.4, -0.2) is 32.3 Å². The van der Waals surface area contributed by atoms with Crippen LogP contribution >= 0.6 is 0 Å². The fourth-order valence-electron chi connectivity index (χ4n) is 2.46. The molecule has 2 atom stereocenters. The molecule has 0 amide bonds. The van der Waals surface area contributed by atoms with E-state index in [0.29, 0.717) is 25.7 Å². The van der Waals surface area contributed by atoms with E-state index < -0.39 is 0 Å². The average molecular weight is 257 g/mol. The molecule has 0 heterocycles. The Bertz CT molecular complexity index is 233. The van der Waals surface area contributed by atoms with Crippen LogP contribution < -0.4 is 5.73 Å². The Balaban J connectivity index is 2.14. The molecule has 4 nitrogen and oxygen atoms in total. The number of hydrogen-bond acceptors (Lipinski definition) is 4. The lowest BCUT2D eigenvalue weighted by molar-refractivity contribution is -0.153. The van der Waals surface area contributed by atoms with Gasteiger partial charge in [0.2, 0.25) is 0 Å². The maximum atomic E-state index is 11.9. The van der Waals surface area contributed by atoms with Gasteiger partial charge in [0.1, 0.15) is 6.61 Å². The number of rotatable bonds is 8. The lowest BCUT2D eigenvalue weighted by Gasteiger charge is -2.28. The van der Waals surface area contributed by atoms with E-state index in [1.54, 1.807) is 0 Å². The largest absolute Gasteiger partial charge is 0.463 e. The normalized spacial score (nSPS) is 23.9. The number of carbonyl (C=O) groups is 1. The van der Waals surface area contributed by atoms with E-state index in [2.05, 4.69) is 6.92 Å². The molecule has 4 heteroatoms. The van der Waals surface area contributed by atoms with E-state index in [9.17, 15) is 4.79 Å². The second kappa shape index (κ2) is 9.34. The van der Waals surface area contributed by atoms with Crippen LogP contribution in [0, 0.1) is 11.8 Å². The number of unbranched alkanes of at least 4 members (excludes halogenated alkanes) is 1. The van der Waals surface area contributed by atoms with Crippen molar-refractivity contribution in [3.8, 4) is 0 Å². The Morgan fingerprint density at radius 1 is 1.22 bits per heavy atom. The van der Waals surface area contributed by atoms with Crippen LogP contribution in [0.4, 0.5) is 0 Å². The zero-order chi connectivity index (χ0) is 13.2. The predicted octanol–water partition coefficient (Wildman–Crippen LogP) is 2.11. The molecule has 2 N–H and O–H groups in total. The third-order valence-corrected chi connectivity index (χ3v) is 3.63. The molecule has 0 aromatic rings. The zero-order valence-electron chi connectivity index (χ0n) is 11.5. The van der Waals surface area contributed by atoms with Crippen LogP contribution in [0.15, 0.2) is 0 Å². The van der Waals surface area contributed by atoms with Gasteiger partial charge in [0.15, 0.2) is 0 Å². The fraction of sp³-hybridized carbons (Fsp3) is 0.929. The van der Waals surface area contributed by atoms with Crippen molar-refractivity contribution in [1.82, 2.24) is 0 Å². The first-order chi connectivity index (χ1) is 8.79. The molecule has 2 unspecified atom stereocenters. The van der Waals surface area contributed by atoms with Gasteiger partial charge in [-0.1, -0.05) is 26.2 Å². The monoisotopic (exact) mass is 257 g/mol. The van der Waals surface area contributed by atoms with Crippen molar-refractivity contribution in [2.75, 3.05) is 26.4 Å². The Morgan fingerprint density at radius 3 is 2.72 bits per heavy atom. The van der Waals surface area contributed by atoms with Crippen LogP contribution in [0.3, 0.4) is 0 Å². The Labute approximate surface area is 110 Å². The smallest absolute Gasteiger partial charge is 0.309 e. The van der Waals surface area contributed by atoms with Crippen molar-refractivity contribution < 1.29 is 14.3 Å². The van der Waals surface area contributed by atoms with E-state index in [1.807, 2.05) is 0 Å². The molecule has 1 aliphatic carbocycles. The topological polar surface area (TPSA) is 61.5 Å². The molecule has 0 aromatic carbocycles. The summed E-state index contributed by atoms with van der Waals surface area (Å²) in [5.41, 5.74) is 5.71. The summed E-state index contributed by atoms with van der Waals surface area (Å²) in [5.74, 6) is 0.246. The van der Waals surface area contributed by atoms with E-state index in [0.717, 1.165) is 38.7 Å². The van der Waals surface area contributed by atoms with Gasteiger partial charge in [-0.2, -0.15) is 0 Å². The highest BCUT2D eigenvalue weighted by Gasteiger charge is 2.30. The molecule has 18 heavy (non-hydrogen) atoms. The SMILES string of the molecule is CCCCOCCOC(=O)C1CCCCC1CN. The summed E-state index contributed by atoms with van der Waals surface area (Å²) in [7, 11) is 0. The highest BCUT2D eigenvalue weighted by Crippen LogP contribution is 2.30. The van der Waals surface area contributed by atoms with E-state index in [-0.39, 0.29) is 11.9 Å². The van der Waals surface area contributed by atoms with Gasteiger partial charge in [0, 0.05) is 6.61 Å². The molecule has 0 radical (unpaired) electrons. The molecule has 1 fully saturated rings. The van der Waals surface area contributed by atoms with Gasteiger partial charge in [0.25, 0.3) is 0 Å².